The van der Waals surface area contributed by atoms with Crippen LogP contribution in [0.2, 0.25) is 5.15 Å². The molecule has 0 saturated heterocycles. The van der Waals surface area contributed by atoms with Gasteiger partial charge >= 0.3 is 0 Å². The molecule has 0 fully saturated rings. The highest BCUT2D eigenvalue weighted by Crippen LogP contribution is 2.23. The molecule has 0 saturated carbocycles. The molecule has 1 heterocycles. The van der Waals surface area contributed by atoms with Gasteiger partial charge < -0.3 is 4.90 Å². The first-order chi connectivity index (χ1) is 8.97. The van der Waals surface area contributed by atoms with E-state index in [2.05, 4.69) is 38.0 Å². The van der Waals surface area contributed by atoms with Gasteiger partial charge in [0, 0.05) is 18.1 Å². The van der Waals surface area contributed by atoms with Crippen molar-refractivity contribution in [3.63, 3.8) is 0 Å². The Morgan fingerprint density at radius 3 is 2.58 bits per heavy atom. The fraction of sp³-hybridized carbons (Fsp3) is 0.286. The van der Waals surface area contributed by atoms with E-state index < -0.39 is 0 Å². The molecule has 100 valence electrons. The third-order valence-electron chi connectivity index (χ3n) is 2.92. The van der Waals surface area contributed by atoms with Gasteiger partial charge in [-0.25, -0.2) is 9.97 Å². The van der Waals surface area contributed by atoms with Gasteiger partial charge in [-0.15, -0.1) is 0 Å². The molecule has 0 amide bonds. The second-order valence-electron chi connectivity index (χ2n) is 4.49. The highest BCUT2D eigenvalue weighted by atomic mass is 79.9. The molecule has 0 unspecified atom stereocenters. The molecule has 0 aliphatic rings. The molecular formula is C14H15BrClN3. The van der Waals surface area contributed by atoms with Crippen molar-refractivity contribution in [2.75, 3.05) is 11.9 Å². The van der Waals surface area contributed by atoms with Crippen molar-refractivity contribution in [2.45, 2.75) is 20.4 Å². The third-order valence-corrected chi connectivity index (χ3v) is 3.66. The van der Waals surface area contributed by atoms with Crippen molar-refractivity contribution in [1.82, 2.24) is 9.97 Å². The predicted octanol–water partition coefficient (Wildman–Crippen LogP) is 4.15. The van der Waals surface area contributed by atoms with E-state index in [0.29, 0.717) is 11.0 Å². The second kappa shape index (κ2) is 5.88. The van der Waals surface area contributed by atoms with Crippen LogP contribution in [-0.4, -0.2) is 17.0 Å². The molecule has 2 rings (SSSR count). The minimum Gasteiger partial charge on any atom is -0.353 e. The molecule has 0 radical (unpaired) electrons. The number of halogens is 2. The Labute approximate surface area is 126 Å². The average molecular weight is 341 g/mol. The monoisotopic (exact) mass is 339 g/mol. The molecule has 0 bridgehead atoms. The van der Waals surface area contributed by atoms with Gasteiger partial charge in [-0.1, -0.05) is 39.7 Å². The van der Waals surface area contributed by atoms with E-state index in [9.17, 15) is 0 Å². The molecule has 0 N–H and O–H groups in total. The van der Waals surface area contributed by atoms with Crippen molar-refractivity contribution in [3.05, 3.63) is 50.8 Å². The third kappa shape index (κ3) is 3.45. The van der Waals surface area contributed by atoms with Crippen LogP contribution in [0.5, 0.6) is 0 Å². The van der Waals surface area contributed by atoms with Gasteiger partial charge in [-0.2, -0.15) is 0 Å². The fourth-order valence-corrected chi connectivity index (χ4v) is 2.55. The maximum absolute atomic E-state index is 6.17. The zero-order valence-electron chi connectivity index (χ0n) is 11.1. The Balaban J connectivity index is 2.25. The zero-order chi connectivity index (χ0) is 14.0. The highest BCUT2D eigenvalue weighted by Gasteiger charge is 2.12. The number of nitrogens with zero attached hydrogens (tertiary/aromatic N) is 3. The summed E-state index contributed by atoms with van der Waals surface area (Å²) in [5.41, 5.74) is 2.96. The van der Waals surface area contributed by atoms with Crippen LogP contribution in [0.4, 0.5) is 5.82 Å². The molecular weight excluding hydrogens is 326 g/mol. The first-order valence-electron chi connectivity index (χ1n) is 5.93. The maximum atomic E-state index is 6.17. The summed E-state index contributed by atoms with van der Waals surface area (Å²) in [5.74, 6) is 0.713. The van der Waals surface area contributed by atoms with Crippen LogP contribution in [0.3, 0.4) is 0 Å². The minimum atomic E-state index is 0.445. The minimum absolute atomic E-state index is 0.445. The summed E-state index contributed by atoms with van der Waals surface area (Å²) in [6.07, 6.45) is 0. The van der Waals surface area contributed by atoms with Crippen LogP contribution in [0.25, 0.3) is 0 Å². The molecule has 0 aliphatic carbocycles. The molecule has 19 heavy (non-hydrogen) atoms. The van der Waals surface area contributed by atoms with Crippen molar-refractivity contribution in [3.8, 4) is 0 Å². The summed E-state index contributed by atoms with van der Waals surface area (Å²) in [5, 5.41) is 0.445. The van der Waals surface area contributed by atoms with Crippen molar-refractivity contribution < 1.29 is 0 Å². The normalized spacial score (nSPS) is 10.6. The van der Waals surface area contributed by atoms with Crippen LogP contribution in [0, 0.1) is 13.8 Å². The molecule has 1 aromatic heterocycles. The summed E-state index contributed by atoms with van der Waals surface area (Å²) in [4.78, 5) is 10.8. The number of aryl methyl sites for hydroxylation is 2. The maximum Gasteiger partial charge on any atom is 0.171 e. The molecule has 5 heteroatoms. The number of anilines is 1. The van der Waals surface area contributed by atoms with Gasteiger partial charge in [0.1, 0.15) is 0 Å². The van der Waals surface area contributed by atoms with E-state index in [1.165, 1.54) is 5.56 Å². The smallest absolute Gasteiger partial charge is 0.171 e. The largest absolute Gasteiger partial charge is 0.353 e. The molecule has 0 spiro atoms. The Hall–Kier alpha value is -1.13. The van der Waals surface area contributed by atoms with E-state index >= 15 is 0 Å². The first kappa shape index (κ1) is 14.3. The number of hydrogen-bond acceptors (Lipinski definition) is 3. The fourth-order valence-electron chi connectivity index (χ4n) is 1.79. The van der Waals surface area contributed by atoms with E-state index in [-0.39, 0.29) is 0 Å². The second-order valence-corrected chi connectivity index (χ2v) is 5.77. The lowest BCUT2D eigenvalue weighted by molar-refractivity contribution is 0.875. The number of aromatic nitrogens is 2. The Morgan fingerprint density at radius 2 is 1.89 bits per heavy atom. The summed E-state index contributed by atoms with van der Waals surface area (Å²) in [6, 6.07) is 8.18. The number of hydrogen-bond donors (Lipinski definition) is 0. The molecule has 2 aromatic rings. The quantitative estimate of drug-likeness (QED) is 0.840. The Kier molecular flexibility index (Phi) is 4.42. The van der Waals surface area contributed by atoms with Crippen molar-refractivity contribution >= 4 is 33.3 Å². The summed E-state index contributed by atoms with van der Waals surface area (Å²) >= 11 is 9.64. The van der Waals surface area contributed by atoms with E-state index in [4.69, 9.17) is 11.6 Å². The van der Waals surface area contributed by atoms with Gasteiger partial charge in [0.05, 0.1) is 11.4 Å². The summed E-state index contributed by atoms with van der Waals surface area (Å²) in [7, 11) is 1.96. The van der Waals surface area contributed by atoms with Crippen LogP contribution >= 0.6 is 27.5 Å². The van der Waals surface area contributed by atoms with Gasteiger partial charge in [0.15, 0.2) is 11.0 Å². The van der Waals surface area contributed by atoms with Crippen LogP contribution in [-0.2, 0) is 6.54 Å². The lowest BCUT2D eigenvalue weighted by atomic mass is 10.2. The van der Waals surface area contributed by atoms with E-state index in [0.717, 1.165) is 22.4 Å². The molecule has 0 aliphatic heterocycles. The van der Waals surface area contributed by atoms with E-state index in [1.807, 2.05) is 37.9 Å². The summed E-state index contributed by atoms with van der Waals surface area (Å²) < 4.78 is 1.07. The standard InChI is InChI=1S/C14H15BrClN3/c1-9-10(2)18-14(13(16)17-9)19(3)8-11-5-4-6-12(15)7-11/h4-7H,8H2,1-3H3. The first-order valence-corrected chi connectivity index (χ1v) is 7.11. The van der Waals surface area contributed by atoms with Gasteiger partial charge in [0.2, 0.25) is 0 Å². The predicted molar refractivity (Wildman–Crippen MR) is 82.8 cm³/mol. The topological polar surface area (TPSA) is 29.0 Å². The highest BCUT2D eigenvalue weighted by molar-refractivity contribution is 9.10. The average Bonchev–Trinajstić information content (AvgIpc) is 2.33. The van der Waals surface area contributed by atoms with Crippen molar-refractivity contribution in [1.29, 1.82) is 0 Å². The van der Waals surface area contributed by atoms with Crippen LogP contribution < -0.4 is 4.90 Å². The molecule has 3 nitrogen and oxygen atoms in total. The van der Waals surface area contributed by atoms with Gasteiger partial charge in [-0.3, -0.25) is 0 Å². The molecule has 0 atom stereocenters. The Morgan fingerprint density at radius 1 is 1.21 bits per heavy atom. The van der Waals surface area contributed by atoms with Gasteiger partial charge in [-0.05, 0) is 31.5 Å². The molecule has 1 aromatic carbocycles. The van der Waals surface area contributed by atoms with E-state index in [1.54, 1.807) is 0 Å². The van der Waals surface area contributed by atoms with Crippen LogP contribution in [0.1, 0.15) is 17.0 Å². The SMILES string of the molecule is Cc1nc(Cl)c(N(C)Cc2cccc(Br)c2)nc1C. The number of rotatable bonds is 3. The number of benzene rings is 1. The Bertz CT molecular complexity index is 601. The lowest BCUT2D eigenvalue weighted by Crippen LogP contribution is -2.19. The summed E-state index contributed by atoms with van der Waals surface area (Å²) in [6.45, 7) is 4.58. The van der Waals surface area contributed by atoms with Gasteiger partial charge in [0.25, 0.3) is 0 Å². The van der Waals surface area contributed by atoms with Crippen LogP contribution in [0.15, 0.2) is 28.7 Å². The lowest BCUT2D eigenvalue weighted by Gasteiger charge is -2.20. The zero-order valence-corrected chi connectivity index (χ0v) is 13.5. The van der Waals surface area contributed by atoms with Crippen molar-refractivity contribution in [2.24, 2.45) is 0 Å².